The van der Waals surface area contributed by atoms with Crippen LogP contribution in [0.1, 0.15) is 40.5 Å². The van der Waals surface area contributed by atoms with Crippen LogP contribution in [0.3, 0.4) is 0 Å². The minimum atomic E-state index is -1.35. The van der Waals surface area contributed by atoms with Crippen molar-refractivity contribution in [2.75, 3.05) is 13.1 Å². The van der Waals surface area contributed by atoms with E-state index in [9.17, 15) is 29.4 Å². The highest BCUT2D eigenvalue weighted by atomic mass is 16.4. The van der Waals surface area contributed by atoms with E-state index in [2.05, 4.69) is 10.6 Å². The number of hydrogen-bond acceptors (Lipinski definition) is 4. The smallest absolute Gasteiger partial charge is 0.332 e. The lowest BCUT2D eigenvalue weighted by Crippen LogP contribution is -2.31. The Bertz CT molecular complexity index is 477. The van der Waals surface area contributed by atoms with Gasteiger partial charge in [0.2, 0.25) is 11.8 Å². The van der Waals surface area contributed by atoms with Crippen LogP contribution in [0, 0.1) is 11.8 Å². The molecule has 0 rings (SSSR count). The Morgan fingerprint density at radius 3 is 1.21 bits per heavy atom. The number of hydrogen-bond donors (Lipinski definition) is 4. The molecule has 0 aromatic carbocycles. The standard InChI is InChI=1S/C16H26N2O6/c1-9(2)13(19)17-7-5-11(15(21)22)12(16(23)24)6-8-18-14(20)10(3)4/h9-10H,5-8H2,1-4H3,(H,17,19)(H,18,20)(H,21,22)(H,23,24). The van der Waals surface area contributed by atoms with Crippen LogP contribution < -0.4 is 10.6 Å². The summed E-state index contributed by atoms with van der Waals surface area (Å²) in [4.78, 5) is 45.6. The monoisotopic (exact) mass is 342 g/mol. The fourth-order valence-corrected chi connectivity index (χ4v) is 1.80. The van der Waals surface area contributed by atoms with Crippen molar-refractivity contribution in [1.29, 1.82) is 0 Å². The van der Waals surface area contributed by atoms with E-state index in [1.165, 1.54) is 0 Å². The number of carboxylic acid groups (broad SMARTS) is 2. The molecule has 0 saturated carbocycles. The second-order valence-corrected chi connectivity index (χ2v) is 5.96. The van der Waals surface area contributed by atoms with Crippen molar-refractivity contribution in [2.24, 2.45) is 11.8 Å². The van der Waals surface area contributed by atoms with Crippen molar-refractivity contribution < 1.29 is 29.4 Å². The molecule has 0 radical (unpaired) electrons. The van der Waals surface area contributed by atoms with Crippen LogP contribution in [0.5, 0.6) is 0 Å². The van der Waals surface area contributed by atoms with Crippen molar-refractivity contribution in [3.05, 3.63) is 11.1 Å². The van der Waals surface area contributed by atoms with E-state index >= 15 is 0 Å². The van der Waals surface area contributed by atoms with Gasteiger partial charge in [-0.3, -0.25) is 9.59 Å². The summed E-state index contributed by atoms with van der Waals surface area (Å²) in [6.07, 6.45) is -0.207. The first-order valence-electron chi connectivity index (χ1n) is 7.81. The summed E-state index contributed by atoms with van der Waals surface area (Å²) in [5, 5.41) is 23.6. The summed E-state index contributed by atoms with van der Waals surface area (Å²) < 4.78 is 0. The Kier molecular flexibility index (Phi) is 9.37. The molecule has 0 aliphatic carbocycles. The van der Waals surface area contributed by atoms with Crippen LogP contribution in [-0.4, -0.2) is 47.1 Å². The number of aliphatic carboxylic acids is 2. The molecule has 0 aromatic rings. The molecule has 4 N–H and O–H groups in total. The number of carboxylic acids is 2. The lowest BCUT2D eigenvalue weighted by molar-refractivity contribution is -0.136. The van der Waals surface area contributed by atoms with Gasteiger partial charge in [-0.05, 0) is 12.8 Å². The molecule has 2 amide bonds. The number of amides is 2. The predicted molar refractivity (Wildman–Crippen MR) is 87.2 cm³/mol. The zero-order chi connectivity index (χ0) is 18.9. The van der Waals surface area contributed by atoms with Crippen molar-refractivity contribution in [1.82, 2.24) is 10.6 Å². The molecule has 8 nitrogen and oxygen atoms in total. The van der Waals surface area contributed by atoms with Gasteiger partial charge in [-0.1, -0.05) is 27.7 Å². The molecule has 0 atom stereocenters. The predicted octanol–water partition coefficient (Wildman–Crippen LogP) is 0.777. The van der Waals surface area contributed by atoms with E-state index in [-0.39, 0.29) is 60.7 Å². The van der Waals surface area contributed by atoms with Crippen molar-refractivity contribution >= 4 is 23.8 Å². The molecule has 0 unspecified atom stereocenters. The van der Waals surface area contributed by atoms with E-state index < -0.39 is 11.9 Å². The molecule has 0 aromatic heterocycles. The summed E-state index contributed by atoms with van der Waals surface area (Å²) in [5.74, 6) is -3.65. The Hall–Kier alpha value is -2.38. The Balaban J connectivity index is 4.96. The molecular formula is C16H26N2O6. The third-order valence-corrected chi connectivity index (χ3v) is 3.28. The summed E-state index contributed by atoms with van der Waals surface area (Å²) in [5.41, 5.74) is -0.546. The van der Waals surface area contributed by atoms with Gasteiger partial charge >= 0.3 is 11.9 Å². The first-order chi connectivity index (χ1) is 11.1. The molecule has 0 aliphatic heterocycles. The topological polar surface area (TPSA) is 133 Å². The van der Waals surface area contributed by atoms with Gasteiger partial charge in [0, 0.05) is 36.1 Å². The van der Waals surface area contributed by atoms with Gasteiger partial charge in [-0.2, -0.15) is 0 Å². The number of carbonyl (C=O) groups excluding carboxylic acids is 2. The fraction of sp³-hybridized carbons (Fsp3) is 0.625. The highest BCUT2D eigenvalue weighted by Crippen LogP contribution is 2.13. The molecule has 8 heteroatoms. The average Bonchev–Trinajstić information content (AvgIpc) is 2.47. The van der Waals surface area contributed by atoms with Crippen LogP contribution in [0.4, 0.5) is 0 Å². The van der Waals surface area contributed by atoms with Gasteiger partial charge in [0.15, 0.2) is 0 Å². The highest BCUT2D eigenvalue weighted by molar-refractivity contribution is 5.98. The van der Waals surface area contributed by atoms with Gasteiger partial charge in [0.1, 0.15) is 0 Å². The summed E-state index contributed by atoms with van der Waals surface area (Å²) in [6.45, 7) is 6.86. The Morgan fingerprint density at radius 1 is 0.708 bits per heavy atom. The maximum absolute atomic E-state index is 11.5. The first-order valence-corrected chi connectivity index (χ1v) is 7.81. The summed E-state index contributed by atoms with van der Waals surface area (Å²) in [6, 6.07) is 0. The van der Waals surface area contributed by atoms with Crippen LogP contribution in [-0.2, 0) is 19.2 Å². The lowest BCUT2D eigenvalue weighted by atomic mass is 10.0. The molecule has 136 valence electrons. The Morgan fingerprint density at radius 2 is 1.00 bits per heavy atom. The number of rotatable bonds is 10. The molecule has 0 spiro atoms. The fourth-order valence-electron chi connectivity index (χ4n) is 1.80. The van der Waals surface area contributed by atoms with E-state index in [1.807, 2.05) is 0 Å². The second kappa shape index (κ2) is 10.4. The third-order valence-electron chi connectivity index (χ3n) is 3.28. The third kappa shape index (κ3) is 7.75. The second-order valence-electron chi connectivity index (χ2n) is 5.96. The van der Waals surface area contributed by atoms with Crippen molar-refractivity contribution in [3.63, 3.8) is 0 Å². The first kappa shape index (κ1) is 21.6. The molecule has 0 aliphatic rings. The SMILES string of the molecule is CC(C)C(=O)NCCC(C(=O)O)=C(CCNC(=O)C(C)C)C(=O)O. The molecule has 0 heterocycles. The van der Waals surface area contributed by atoms with E-state index in [4.69, 9.17) is 0 Å². The van der Waals surface area contributed by atoms with Gasteiger partial charge in [0.05, 0.1) is 0 Å². The zero-order valence-electron chi connectivity index (χ0n) is 14.5. The van der Waals surface area contributed by atoms with Gasteiger partial charge in [-0.25, -0.2) is 9.59 Å². The Labute approximate surface area is 141 Å². The van der Waals surface area contributed by atoms with Crippen LogP contribution in [0.25, 0.3) is 0 Å². The lowest BCUT2D eigenvalue weighted by Gasteiger charge is -2.12. The minimum absolute atomic E-state index is 0.0355. The van der Waals surface area contributed by atoms with Crippen molar-refractivity contribution in [3.8, 4) is 0 Å². The molecule has 0 bridgehead atoms. The zero-order valence-corrected chi connectivity index (χ0v) is 14.5. The van der Waals surface area contributed by atoms with E-state index in [0.29, 0.717) is 0 Å². The molecule has 24 heavy (non-hydrogen) atoms. The van der Waals surface area contributed by atoms with Crippen LogP contribution in [0.15, 0.2) is 11.1 Å². The van der Waals surface area contributed by atoms with Crippen molar-refractivity contribution in [2.45, 2.75) is 40.5 Å². The normalized spacial score (nSPS) is 11.9. The maximum Gasteiger partial charge on any atom is 0.332 e. The molecular weight excluding hydrogens is 316 g/mol. The van der Waals surface area contributed by atoms with E-state index in [1.54, 1.807) is 27.7 Å². The summed E-state index contributed by atoms with van der Waals surface area (Å²) >= 11 is 0. The van der Waals surface area contributed by atoms with E-state index in [0.717, 1.165) is 0 Å². The largest absolute Gasteiger partial charge is 0.478 e. The minimum Gasteiger partial charge on any atom is -0.478 e. The van der Waals surface area contributed by atoms with Crippen LogP contribution in [0.2, 0.25) is 0 Å². The van der Waals surface area contributed by atoms with Crippen LogP contribution >= 0.6 is 0 Å². The van der Waals surface area contributed by atoms with Gasteiger partial charge in [0.25, 0.3) is 0 Å². The van der Waals surface area contributed by atoms with Gasteiger partial charge < -0.3 is 20.8 Å². The number of carbonyl (C=O) groups is 4. The highest BCUT2D eigenvalue weighted by Gasteiger charge is 2.20. The van der Waals surface area contributed by atoms with Gasteiger partial charge in [-0.15, -0.1) is 0 Å². The molecule has 0 fully saturated rings. The maximum atomic E-state index is 11.5. The average molecular weight is 342 g/mol. The summed E-state index contributed by atoms with van der Waals surface area (Å²) in [7, 11) is 0. The quantitative estimate of drug-likeness (QED) is 0.434. The molecule has 0 saturated heterocycles. The number of nitrogens with one attached hydrogen (secondary N) is 2.